The summed E-state index contributed by atoms with van der Waals surface area (Å²) in [7, 11) is 0. The van der Waals surface area contributed by atoms with Crippen LogP contribution < -0.4 is 5.32 Å². The molecule has 0 fully saturated rings. The lowest BCUT2D eigenvalue weighted by atomic mass is 9.93. The molecule has 0 saturated heterocycles. The largest absolute Gasteiger partial charge is 0.481 e. The molecule has 4 rings (SSSR count). The maximum atomic E-state index is 14.5. The summed E-state index contributed by atoms with van der Waals surface area (Å²) in [6.07, 6.45) is 1.08. The van der Waals surface area contributed by atoms with Crippen LogP contribution in [0.15, 0.2) is 78.9 Å². The average molecular weight is 512 g/mol. The van der Waals surface area contributed by atoms with E-state index in [-0.39, 0.29) is 30.7 Å². The fourth-order valence-electron chi connectivity index (χ4n) is 4.28. The predicted molar refractivity (Wildman–Crippen MR) is 144 cm³/mol. The summed E-state index contributed by atoms with van der Waals surface area (Å²) in [4.78, 5) is 11.0. The van der Waals surface area contributed by atoms with Gasteiger partial charge in [0.05, 0.1) is 0 Å². The van der Waals surface area contributed by atoms with Crippen molar-refractivity contribution in [2.24, 2.45) is 0 Å². The molecule has 0 spiro atoms. The Bertz CT molecular complexity index is 1330. The lowest BCUT2D eigenvalue weighted by Crippen LogP contribution is -2.21. The minimum Gasteiger partial charge on any atom is -0.481 e. The van der Waals surface area contributed by atoms with Crippen molar-refractivity contribution in [3.05, 3.63) is 106 Å². The van der Waals surface area contributed by atoms with Gasteiger partial charge in [0.15, 0.2) is 0 Å². The smallest absolute Gasteiger partial charge is 0.303 e. The van der Waals surface area contributed by atoms with Gasteiger partial charge in [0.2, 0.25) is 0 Å². The van der Waals surface area contributed by atoms with Crippen molar-refractivity contribution in [3.63, 3.8) is 0 Å². The molecule has 0 saturated carbocycles. The van der Waals surface area contributed by atoms with E-state index in [1.54, 1.807) is 0 Å². The second-order valence-corrected chi connectivity index (χ2v) is 9.02. The number of carboxylic acids is 1. The van der Waals surface area contributed by atoms with E-state index >= 15 is 0 Å². The van der Waals surface area contributed by atoms with Gasteiger partial charge in [-0.3, -0.25) is 4.79 Å². The topological polar surface area (TPSA) is 49.3 Å². The Morgan fingerprint density at radius 1 is 0.971 bits per heavy atom. The lowest BCUT2D eigenvalue weighted by Gasteiger charge is -2.16. The number of nitrogens with one attached hydrogen (secondary N) is 1. The van der Waals surface area contributed by atoms with Crippen molar-refractivity contribution < 1.29 is 14.3 Å². The van der Waals surface area contributed by atoms with E-state index in [4.69, 9.17) is 16.7 Å². The van der Waals surface area contributed by atoms with Crippen LogP contribution in [-0.2, 0) is 17.6 Å². The highest BCUT2D eigenvalue weighted by Gasteiger charge is 2.11. The standard InChI is InChI=1S/C29H27ClFNO2.ClH/c1-19(22-6-4-7-25(30)17-22)32-12-11-21-13-23-5-2-3-8-27(23)28(16-21)24-14-20(9-10-29(33)34)15-26(31)18-24;/h2-8,13-19,32H,9-12H2,1H3,(H,33,34);1H/t19-;/m1./s1. The molecule has 0 heterocycles. The molecule has 0 radical (unpaired) electrons. The molecule has 0 bridgehead atoms. The predicted octanol–water partition coefficient (Wildman–Crippen LogP) is 7.63. The molecule has 0 amide bonds. The van der Waals surface area contributed by atoms with E-state index in [9.17, 15) is 9.18 Å². The molecule has 2 N–H and O–H groups in total. The van der Waals surface area contributed by atoms with Crippen LogP contribution in [0.4, 0.5) is 4.39 Å². The maximum Gasteiger partial charge on any atom is 0.303 e. The van der Waals surface area contributed by atoms with Gasteiger partial charge < -0.3 is 10.4 Å². The van der Waals surface area contributed by atoms with Crippen LogP contribution in [0, 0.1) is 5.82 Å². The first kappa shape index (κ1) is 26.7. The first-order valence-electron chi connectivity index (χ1n) is 11.4. The van der Waals surface area contributed by atoms with Crippen molar-refractivity contribution >= 4 is 40.7 Å². The molecule has 0 aliphatic rings. The number of hydrogen-bond donors (Lipinski definition) is 2. The zero-order valence-electron chi connectivity index (χ0n) is 19.4. The van der Waals surface area contributed by atoms with Gasteiger partial charge in [0.1, 0.15) is 5.82 Å². The van der Waals surface area contributed by atoms with E-state index in [2.05, 4.69) is 36.5 Å². The molecule has 1 atom stereocenters. The summed E-state index contributed by atoms with van der Waals surface area (Å²) in [5, 5.41) is 15.4. The zero-order chi connectivity index (χ0) is 24.1. The van der Waals surface area contributed by atoms with Gasteiger partial charge in [0, 0.05) is 17.5 Å². The Hall–Kier alpha value is -2.92. The Labute approximate surface area is 216 Å². The maximum absolute atomic E-state index is 14.5. The van der Waals surface area contributed by atoms with Crippen LogP contribution in [0.1, 0.15) is 36.1 Å². The number of halogens is 3. The molecular weight excluding hydrogens is 484 g/mol. The highest BCUT2D eigenvalue weighted by molar-refractivity contribution is 6.30. The van der Waals surface area contributed by atoms with Crippen LogP contribution in [-0.4, -0.2) is 17.6 Å². The molecule has 0 aliphatic heterocycles. The minimum atomic E-state index is -0.891. The summed E-state index contributed by atoms with van der Waals surface area (Å²) < 4.78 is 14.5. The fourth-order valence-corrected chi connectivity index (χ4v) is 4.48. The van der Waals surface area contributed by atoms with Gasteiger partial charge in [0.25, 0.3) is 0 Å². The van der Waals surface area contributed by atoms with Gasteiger partial charge in [-0.15, -0.1) is 12.4 Å². The van der Waals surface area contributed by atoms with E-state index in [0.717, 1.165) is 51.0 Å². The second kappa shape index (κ2) is 12.2. The van der Waals surface area contributed by atoms with Gasteiger partial charge in [-0.25, -0.2) is 4.39 Å². The quantitative estimate of drug-likeness (QED) is 0.242. The number of hydrogen-bond acceptors (Lipinski definition) is 2. The van der Waals surface area contributed by atoms with Crippen molar-refractivity contribution in [2.45, 2.75) is 32.2 Å². The molecule has 0 aliphatic carbocycles. The Kier molecular flexibility index (Phi) is 9.27. The van der Waals surface area contributed by atoms with Gasteiger partial charge >= 0.3 is 5.97 Å². The van der Waals surface area contributed by atoms with Crippen molar-refractivity contribution in [1.29, 1.82) is 0 Å². The lowest BCUT2D eigenvalue weighted by molar-refractivity contribution is -0.136. The number of carboxylic acid groups (broad SMARTS) is 1. The van der Waals surface area contributed by atoms with Crippen LogP contribution in [0.5, 0.6) is 0 Å². The number of rotatable bonds is 9. The second-order valence-electron chi connectivity index (χ2n) is 8.59. The zero-order valence-corrected chi connectivity index (χ0v) is 21.0. The highest BCUT2D eigenvalue weighted by atomic mass is 35.5. The Morgan fingerprint density at radius 3 is 2.51 bits per heavy atom. The van der Waals surface area contributed by atoms with E-state index in [1.807, 2.05) is 42.5 Å². The molecule has 0 unspecified atom stereocenters. The van der Waals surface area contributed by atoms with Crippen LogP contribution in [0.3, 0.4) is 0 Å². The Balaban J connectivity index is 0.00000342. The molecular formula is C29H28Cl2FNO2. The van der Waals surface area contributed by atoms with E-state index < -0.39 is 5.97 Å². The first-order valence-corrected chi connectivity index (χ1v) is 11.8. The summed E-state index contributed by atoms with van der Waals surface area (Å²) >= 11 is 6.12. The first-order chi connectivity index (χ1) is 16.4. The summed E-state index contributed by atoms with van der Waals surface area (Å²) in [6, 6.07) is 25.2. The monoisotopic (exact) mass is 511 g/mol. The van der Waals surface area contributed by atoms with Crippen molar-refractivity contribution in [3.8, 4) is 11.1 Å². The molecule has 6 heteroatoms. The number of aliphatic carboxylic acids is 1. The van der Waals surface area contributed by atoms with Crippen LogP contribution in [0.2, 0.25) is 5.02 Å². The van der Waals surface area contributed by atoms with Gasteiger partial charge in [-0.05, 0) is 89.2 Å². The fraction of sp³-hybridized carbons (Fsp3) is 0.207. The summed E-state index contributed by atoms with van der Waals surface area (Å²) in [5.74, 6) is -1.25. The van der Waals surface area contributed by atoms with Gasteiger partial charge in [-0.2, -0.15) is 0 Å². The third kappa shape index (κ3) is 7.04. The highest BCUT2D eigenvalue weighted by Crippen LogP contribution is 2.32. The summed E-state index contributed by atoms with van der Waals surface area (Å²) in [5.41, 5.74) is 4.69. The van der Waals surface area contributed by atoms with Gasteiger partial charge in [-0.1, -0.05) is 66.2 Å². The van der Waals surface area contributed by atoms with Crippen LogP contribution >= 0.6 is 24.0 Å². The minimum absolute atomic E-state index is 0. The number of carbonyl (C=O) groups is 1. The third-order valence-electron chi connectivity index (χ3n) is 6.03. The molecule has 0 aromatic heterocycles. The normalized spacial score (nSPS) is 11.7. The van der Waals surface area contributed by atoms with Crippen molar-refractivity contribution in [2.75, 3.05) is 6.54 Å². The molecule has 4 aromatic carbocycles. The molecule has 4 aromatic rings. The Morgan fingerprint density at radius 2 is 1.74 bits per heavy atom. The summed E-state index contributed by atoms with van der Waals surface area (Å²) in [6.45, 7) is 2.89. The van der Waals surface area contributed by atoms with Crippen LogP contribution in [0.25, 0.3) is 21.9 Å². The number of aryl methyl sites for hydroxylation is 1. The average Bonchev–Trinajstić information content (AvgIpc) is 2.82. The number of benzene rings is 4. The molecule has 3 nitrogen and oxygen atoms in total. The molecule has 182 valence electrons. The van der Waals surface area contributed by atoms with Crippen molar-refractivity contribution in [1.82, 2.24) is 5.32 Å². The third-order valence-corrected chi connectivity index (χ3v) is 6.27. The van der Waals surface area contributed by atoms with E-state index in [1.165, 1.54) is 12.1 Å². The SMILES string of the molecule is C[C@@H](NCCc1cc(-c2cc(F)cc(CCC(=O)O)c2)c2ccccc2c1)c1cccc(Cl)c1.Cl. The number of fused-ring (bicyclic) bond motifs is 1. The molecule has 35 heavy (non-hydrogen) atoms. The van der Waals surface area contributed by atoms with E-state index in [0.29, 0.717) is 12.0 Å².